The molecule has 0 bridgehead atoms. The summed E-state index contributed by atoms with van der Waals surface area (Å²) in [5.41, 5.74) is -0.387. The van der Waals surface area contributed by atoms with E-state index in [1.165, 1.54) is 0 Å². The number of nitrogens with one attached hydrogen (secondary N) is 2. The van der Waals surface area contributed by atoms with E-state index >= 15 is 0 Å². The fourth-order valence-electron chi connectivity index (χ4n) is 2.16. The molecule has 150 valence electrons. The highest BCUT2D eigenvalue weighted by atomic mass is 127. The van der Waals surface area contributed by atoms with Gasteiger partial charge in [0.1, 0.15) is 5.60 Å². The minimum absolute atomic E-state index is 0. The van der Waals surface area contributed by atoms with Crippen molar-refractivity contribution in [1.82, 2.24) is 10.6 Å². The van der Waals surface area contributed by atoms with E-state index in [2.05, 4.69) is 29.5 Å². The van der Waals surface area contributed by atoms with Gasteiger partial charge in [0.05, 0.1) is 6.61 Å². The topological polar surface area (TPSA) is 72.0 Å². The SMILES string of the molecule is CCNC(=NCCCCCCC(=O)OC(C)(C)C)NC(C)COC.I. The Morgan fingerprint density at radius 1 is 1.16 bits per heavy atom. The van der Waals surface area contributed by atoms with Crippen molar-refractivity contribution in [1.29, 1.82) is 0 Å². The van der Waals surface area contributed by atoms with Crippen molar-refractivity contribution in [3.8, 4) is 0 Å². The largest absolute Gasteiger partial charge is 0.460 e. The first-order valence-corrected chi connectivity index (χ1v) is 9.04. The van der Waals surface area contributed by atoms with Crippen LogP contribution in [0.3, 0.4) is 0 Å². The number of esters is 1. The molecule has 7 heteroatoms. The Balaban J connectivity index is 0. The second-order valence-electron chi connectivity index (χ2n) is 7.01. The molecule has 0 spiro atoms. The van der Waals surface area contributed by atoms with Gasteiger partial charge in [-0.25, -0.2) is 0 Å². The van der Waals surface area contributed by atoms with E-state index in [4.69, 9.17) is 9.47 Å². The van der Waals surface area contributed by atoms with Gasteiger partial charge >= 0.3 is 5.97 Å². The van der Waals surface area contributed by atoms with Crippen LogP contribution in [0.25, 0.3) is 0 Å². The number of unbranched alkanes of at least 4 members (excludes halogenated alkanes) is 3. The molecule has 0 aromatic rings. The molecule has 0 aromatic carbocycles. The lowest BCUT2D eigenvalue weighted by Gasteiger charge is -2.19. The van der Waals surface area contributed by atoms with Crippen molar-refractivity contribution >= 4 is 35.9 Å². The molecule has 25 heavy (non-hydrogen) atoms. The molecule has 6 nitrogen and oxygen atoms in total. The minimum atomic E-state index is -0.387. The molecule has 0 heterocycles. The predicted octanol–water partition coefficient (Wildman–Crippen LogP) is 3.49. The number of hydrogen-bond acceptors (Lipinski definition) is 4. The van der Waals surface area contributed by atoms with Gasteiger partial charge in [0.25, 0.3) is 0 Å². The summed E-state index contributed by atoms with van der Waals surface area (Å²) < 4.78 is 10.4. The smallest absolute Gasteiger partial charge is 0.306 e. The molecular formula is C18H38IN3O3. The number of guanidine groups is 1. The zero-order valence-corrected chi connectivity index (χ0v) is 19.1. The Hall–Kier alpha value is -0.570. The van der Waals surface area contributed by atoms with Crippen molar-refractivity contribution in [2.24, 2.45) is 4.99 Å². The van der Waals surface area contributed by atoms with Crippen LogP contribution < -0.4 is 10.6 Å². The Labute approximate surface area is 170 Å². The highest BCUT2D eigenvalue weighted by Crippen LogP contribution is 2.11. The van der Waals surface area contributed by atoms with E-state index in [0.29, 0.717) is 13.0 Å². The molecule has 0 rings (SSSR count). The number of halogens is 1. The van der Waals surface area contributed by atoms with Gasteiger partial charge in [0, 0.05) is 32.7 Å². The summed E-state index contributed by atoms with van der Waals surface area (Å²) in [4.78, 5) is 16.2. The van der Waals surface area contributed by atoms with Crippen LogP contribution in [0, 0.1) is 0 Å². The number of methoxy groups -OCH3 is 1. The molecule has 2 N–H and O–H groups in total. The average Bonchev–Trinajstić information content (AvgIpc) is 2.44. The molecule has 0 aliphatic rings. The highest BCUT2D eigenvalue weighted by molar-refractivity contribution is 14.0. The second-order valence-corrected chi connectivity index (χ2v) is 7.01. The third-order valence-electron chi connectivity index (χ3n) is 3.12. The van der Waals surface area contributed by atoms with Crippen LogP contribution in [0.2, 0.25) is 0 Å². The van der Waals surface area contributed by atoms with Crippen molar-refractivity contribution in [3.05, 3.63) is 0 Å². The second kappa shape index (κ2) is 15.7. The molecule has 0 saturated carbocycles. The Bertz CT molecular complexity index is 371. The van der Waals surface area contributed by atoms with E-state index in [0.717, 1.165) is 44.7 Å². The van der Waals surface area contributed by atoms with E-state index < -0.39 is 0 Å². The molecule has 0 aliphatic heterocycles. The van der Waals surface area contributed by atoms with Gasteiger partial charge in [0.15, 0.2) is 5.96 Å². The molecule has 0 fully saturated rings. The Morgan fingerprint density at radius 3 is 2.36 bits per heavy atom. The first kappa shape index (κ1) is 26.7. The summed E-state index contributed by atoms with van der Waals surface area (Å²) in [6.45, 7) is 12.1. The Morgan fingerprint density at radius 2 is 1.80 bits per heavy atom. The van der Waals surface area contributed by atoms with E-state index in [9.17, 15) is 4.79 Å². The number of hydrogen-bond donors (Lipinski definition) is 2. The third kappa shape index (κ3) is 18.0. The van der Waals surface area contributed by atoms with Crippen molar-refractivity contribution in [3.63, 3.8) is 0 Å². The summed E-state index contributed by atoms with van der Waals surface area (Å²) in [5.74, 6) is 0.724. The normalized spacial score (nSPS) is 13.0. The zero-order chi connectivity index (χ0) is 18.4. The maximum Gasteiger partial charge on any atom is 0.306 e. The van der Waals surface area contributed by atoms with Crippen LogP contribution in [-0.2, 0) is 14.3 Å². The molecule has 0 saturated heterocycles. The summed E-state index contributed by atoms with van der Waals surface area (Å²) in [7, 11) is 1.69. The van der Waals surface area contributed by atoms with Crippen molar-refractivity contribution < 1.29 is 14.3 Å². The maximum atomic E-state index is 11.6. The zero-order valence-electron chi connectivity index (χ0n) is 16.8. The van der Waals surface area contributed by atoms with Gasteiger partial charge in [0.2, 0.25) is 0 Å². The lowest BCUT2D eigenvalue weighted by molar-refractivity contribution is -0.154. The first-order chi connectivity index (χ1) is 11.3. The van der Waals surface area contributed by atoms with Crippen molar-refractivity contribution in [2.45, 2.75) is 78.4 Å². The van der Waals surface area contributed by atoms with Gasteiger partial charge in [-0.2, -0.15) is 0 Å². The molecule has 0 aliphatic carbocycles. The van der Waals surface area contributed by atoms with Gasteiger partial charge in [-0.15, -0.1) is 24.0 Å². The average molecular weight is 471 g/mol. The molecular weight excluding hydrogens is 433 g/mol. The quantitative estimate of drug-likeness (QED) is 0.159. The number of carbonyl (C=O) groups excluding carboxylic acids is 1. The van der Waals surface area contributed by atoms with E-state index in [-0.39, 0.29) is 41.6 Å². The number of aliphatic imine (C=N–C) groups is 1. The summed E-state index contributed by atoms with van der Waals surface area (Å²) >= 11 is 0. The van der Waals surface area contributed by atoms with Gasteiger partial charge in [-0.3, -0.25) is 9.79 Å². The third-order valence-corrected chi connectivity index (χ3v) is 3.12. The van der Waals surface area contributed by atoms with Crippen LogP contribution in [0.1, 0.15) is 66.7 Å². The lowest BCUT2D eigenvalue weighted by atomic mass is 10.1. The van der Waals surface area contributed by atoms with E-state index in [1.54, 1.807) is 7.11 Å². The monoisotopic (exact) mass is 471 g/mol. The molecule has 0 aromatic heterocycles. The number of ether oxygens (including phenoxy) is 2. The highest BCUT2D eigenvalue weighted by Gasteiger charge is 2.15. The van der Waals surface area contributed by atoms with Crippen LogP contribution in [-0.4, -0.2) is 50.4 Å². The lowest BCUT2D eigenvalue weighted by Crippen LogP contribution is -2.44. The first-order valence-electron chi connectivity index (χ1n) is 9.04. The van der Waals surface area contributed by atoms with Crippen LogP contribution >= 0.6 is 24.0 Å². The van der Waals surface area contributed by atoms with Crippen LogP contribution in [0.4, 0.5) is 0 Å². The molecule has 1 unspecified atom stereocenters. The van der Waals surface area contributed by atoms with Gasteiger partial charge < -0.3 is 20.1 Å². The molecule has 1 atom stereocenters. The number of nitrogens with zero attached hydrogens (tertiary/aromatic N) is 1. The van der Waals surface area contributed by atoms with Crippen molar-refractivity contribution in [2.75, 3.05) is 26.8 Å². The summed E-state index contributed by atoms with van der Waals surface area (Å²) in [6.07, 6.45) is 4.49. The summed E-state index contributed by atoms with van der Waals surface area (Å²) in [5, 5.41) is 6.54. The Kier molecular flexibility index (Phi) is 16.7. The van der Waals surface area contributed by atoms with Gasteiger partial charge in [-0.05, 0) is 47.5 Å². The molecule has 0 amide bonds. The fraction of sp³-hybridized carbons (Fsp3) is 0.889. The summed E-state index contributed by atoms with van der Waals surface area (Å²) in [6, 6.07) is 0.224. The number of carbonyl (C=O) groups is 1. The van der Waals surface area contributed by atoms with Crippen LogP contribution in [0.15, 0.2) is 4.99 Å². The standard InChI is InChI=1S/C18H37N3O3.HI/c1-7-19-17(21-15(2)14-23-6)20-13-11-9-8-10-12-16(22)24-18(3,4)5;/h15H,7-14H2,1-6H3,(H2,19,20,21);1H. The van der Waals surface area contributed by atoms with Crippen LogP contribution in [0.5, 0.6) is 0 Å². The van der Waals surface area contributed by atoms with E-state index in [1.807, 2.05) is 20.8 Å². The fourth-order valence-corrected chi connectivity index (χ4v) is 2.16. The maximum absolute atomic E-state index is 11.6. The number of rotatable bonds is 11. The minimum Gasteiger partial charge on any atom is -0.460 e. The molecule has 0 radical (unpaired) electrons. The predicted molar refractivity (Wildman–Crippen MR) is 115 cm³/mol. The van der Waals surface area contributed by atoms with Gasteiger partial charge in [-0.1, -0.05) is 12.8 Å².